The number of hydrogen-bond acceptors (Lipinski definition) is 2. The van der Waals surface area contributed by atoms with Gasteiger partial charge in [-0.05, 0) is 25.7 Å². The highest BCUT2D eigenvalue weighted by molar-refractivity contribution is 4.95. The van der Waals surface area contributed by atoms with Gasteiger partial charge in [0.25, 0.3) is 0 Å². The van der Waals surface area contributed by atoms with Crippen molar-refractivity contribution in [2.24, 2.45) is 11.1 Å². The van der Waals surface area contributed by atoms with E-state index in [9.17, 15) is 0 Å². The largest absolute Gasteiger partial charge is 0.326 e. The lowest BCUT2D eigenvalue weighted by Crippen LogP contribution is -2.43. The van der Waals surface area contributed by atoms with Crippen LogP contribution in [0.2, 0.25) is 0 Å². The monoisotopic (exact) mass is 184 g/mol. The van der Waals surface area contributed by atoms with Gasteiger partial charge in [-0.3, -0.25) is 4.90 Å². The van der Waals surface area contributed by atoms with Crippen molar-refractivity contribution in [2.45, 2.75) is 59.2 Å². The molecule has 0 aromatic carbocycles. The zero-order valence-corrected chi connectivity index (χ0v) is 9.67. The maximum Gasteiger partial charge on any atom is 0.0183 e. The Hall–Kier alpha value is -0.0800. The van der Waals surface area contributed by atoms with Crippen LogP contribution in [-0.2, 0) is 0 Å². The predicted octanol–water partition coefficient (Wildman–Crippen LogP) is 1.84. The van der Waals surface area contributed by atoms with Gasteiger partial charge in [0.1, 0.15) is 0 Å². The minimum absolute atomic E-state index is 0.360. The average Bonchev–Trinajstić information content (AvgIpc) is 2.29. The molecule has 2 atom stereocenters. The average molecular weight is 184 g/mol. The van der Waals surface area contributed by atoms with Crippen molar-refractivity contribution in [3.63, 3.8) is 0 Å². The highest BCUT2D eigenvalue weighted by atomic mass is 15.2. The molecular formula is C11H24N2. The summed E-state index contributed by atoms with van der Waals surface area (Å²) < 4.78 is 0. The first-order valence-electron chi connectivity index (χ1n) is 5.33. The molecule has 1 heterocycles. The Kier molecular flexibility index (Phi) is 3.03. The Morgan fingerprint density at radius 1 is 1.31 bits per heavy atom. The molecule has 0 radical (unpaired) electrons. The molecule has 0 saturated carbocycles. The molecule has 0 bridgehead atoms. The SMILES string of the molecule is CC(C)N1C[C@@H](N)C[C@H]1C(C)(C)C. The Morgan fingerprint density at radius 3 is 2.15 bits per heavy atom. The van der Waals surface area contributed by atoms with E-state index in [0.717, 1.165) is 13.0 Å². The van der Waals surface area contributed by atoms with Crippen LogP contribution >= 0.6 is 0 Å². The standard InChI is InChI=1S/C11H24N2/c1-8(2)13-7-9(12)6-10(13)11(3,4)5/h8-10H,6-7,12H2,1-5H3/t9-,10-/m0/s1. The van der Waals surface area contributed by atoms with Crippen molar-refractivity contribution in [3.05, 3.63) is 0 Å². The summed E-state index contributed by atoms with van der Waals surface area (Å²) in [7, 11) is 0. The second kappa shape index (κ2) is 3.58. The van der Waals surface area contributed by atoms with E-state index in [-0.39, 0.29) is 0 Å². The summed E-state index contributed by atoms with van der Waals surface area (Å²) in [5.41, 5.74) is 6.37. The topological polar surface area (TPSA) is 29.3 Å². The van der Waals surface area contributed by atoms with Crippen LogP contribution in [0.25, 0.3) is 0 Å². The molecule has 0 unspecified atom stereocenters. The highest BCUT2D eigenvalue weighted by Crippen LogP contribution is 2.33. The third-order valence-electron chi connectivity index (χ3n) is 3.03. The molecule has 1 rings (SSSR count). The fraction of sp³-hybridized carbons (Fsp3) is 1.00. The van der Waals surface area contributed by atoms with Crippen molar-refractivity contribution in [1.29, 1.82) is 0 Å². The quantitative estimate of drug-likeness (QED) is 0.674. The number of hydrogen-bond donors (Lipinski definition) is 1. The van der Waals surface area contributed by atoms with Crippen LogP contribution in [0.15, 0.2) is 0 Å². The molecule has 0 aliphatic carbocycles. The van der Waals surface area contributed by atoms with E-state index in [4.69, 9.17) is 5.73 Å². The molecule has 2 nitrogen and oxygen atoms in total. The van der Waals surface area contributed by atoms with Crippen molar-refractivity contribution < 1.29 is 0 Å². The number of likely N-dealkylation sites (tertiary alicyclic amines) is 1. The van der Waals surface area contributed by atoms with Gasteiger partial charge in [0.2, 0.25) is 0 Å². The molecule has 0 spiro atoms. The molecule has 0 amide bonds. The summed E-state index contributed by atoms with van der Waals surface area (Å²) >= 11 is 0. The molecule has 1 fully saturated rings. The van der Waals surface area contributed by atoms with Gasteiger partial charge in [0.15, 0.2) is 0 Å². The van der Waals surface area contributed by atoms with Gasteiger partial charge in [-0.1, -0.05) is 20.8 Å². The van der Waals surface area contributed by atoms with Crippen LogP contribution in [0.5, 0.6) is 0 Å². The van der Waals surface area contributed by atoms with E-state index < -0.39 is 0 Å². The minimum atomic E-state index is 0.360. The van der Waals surface area contributed by atoms with E-state index in [1.807, 2.05) is 0 Å². The van der Waals surface area contributed by atoms with Crippen LogP contribution in [-0.4, -0.2) is 29.6 Å². The minimum Gasteiger partial charge on any atom is -0.326 e. The molecule has 1 aliphatic heterocycles. The molecule has 1 aliphatic rings. The maximum atomic E-state index is 6.01. The van der Waals surface area contributed by atoms with Gasteiger partial charge in [-0.15, -0.1) is 0 Å². The molecule has 0 aromatic heterocycles. The van der Waals surface area contributed by atoms with Gasteiger partial charge in [0.05, 0.1) is 0 Å². The third kappa shape index (κ3) is 2.44. The fourth-order valence-corrected chi connectivity index (χ4v) is 2.32. The molecule has 78 valence electrons. The molecule has 2 heteroatoms. The maximum absolute atomic E-state index is 6.01. The second-order valence-electron chi connectivity index (χ2n) is 5.67. The zero-order valence-electron chi connectivity index (χ0n) is 9.67. The molecule has 2 N–H and O–H groups in total. The van der Waals surface area contributed by atoms with Gasteiger partial charge >= 0.3 is 0 Å². The van der Waals surface area contributed by atoms with Gasteiger partial charge in [-0.2, -0.15) is 0 Å². The molecule has 1 saturated heterocycles. The van der Waals surface area contributed by atoms with E-state index in [1.165, 1.54) is 0 Å². The van der Waals surface area contributed by atoms with Crippen molar-refractivity contribution in [1.82, 2.24) is 4.90 Å². The molecular weight excluding hydrogens is 160 g/mol. The van der Waals surface area contributed by atoms with Gasteiger partial charge in [-0.25, -0.2) is 0 Å². The number of nitrogens with zero attached hydrogens (tertiary/aromatic N) is 1. The smallest absolute Gasteiger partial charge is 0.0183 e. The van der Waals surface area contributed by atoms with Crippen molar-refractivity contribution in [2.75, 3.05) is 6.54 Å². The summed E-state index contributed by atoms with van der Waals surface area (Å²) in [4.78, 5) is 2.55. The first-order chi connectivity index (χ1) is 5.82. The Labute approximate surface area is 82.5 Å². The lowest BCUT2D eigenvalue weighted by molar-refractivity contribution is 0.111. The van der Waals surface area contributed by atoms with Gasteiger partial charge < -0.3 is 5.73 Å². The predicted molar refractivity (Wildman–Crippen MR) is 57.7 cm³/mol. The van der Waals surface area contributed by atoms with Crippen LogP contribution in [0.4, 0.5) is 0 Å². The molecule has 13 heavy (non-hydrogen) atoms. The van der Waals surface area contributed by atoms with E-state index in [1.54, 1.807) is 0 Å². The Morgan fingerprint density at radius 2 is 1.85 bits per heavy atom. The number of nitrogens with two attached hydrogens (primary N) is 1. The lowest BCUT2D eigenvalue weighted by Gasteiger charge is -2.37. The lowest BCUT2D eigenvalue weighted by atomic mass is 9.84. The number of rotatable bonds is 1. The van der Waals surface area contributed by atoms with E-state index >= 15 is 0 Å². The van der Waals surface area contributed by atoms with Crippen LogP contribution in [0.1, 0.15) is 41.0 Å². The summed E-state index contributed by atoms with van der Waals surface area (Å²) in [5.74, 6) is 0. The first kappa shape index (κ1) is 11.0. The zero-order chi connectivity index (χ0) is 10.2. The van der Waals surface area contributed by atoms with E-state index in [0.29, 0.717) is 23.5 Å². The third-order valence-corrected chi connectivity index (χ3v) is 3.03. The fourth-order valence-electron chi connectivity index (χ4n) is 2.32. The highest BCUT2D eigenvalue weighted by Gasteiger charge is 2.38. The van der Waals surface area contributed by atoms with Crippen LogP contribution in [0.3, 0.4) is 0 Å². The summed E-state index contributed by atoms with van der Waals surface area (Å²) in [5, 5.41) is 0. The van der Waals surface area contributed by atoms with Gasteiger partial charge in [0, 0.05) is 24.7 Å². The van der Waals surface area contributed by atoms with Crippen molar-refractivity contribution >= 4 is 0 Å². The Bertz CT molecular complexity index is 169. The summed E-state index contributed by atoms with van der Waals surface area (Å²) in [6.45, 7) is 12.5. The van der Waals surface area contributed by atoms with E-state index in [2.05, 4.69) is 39.5 Å². The van der Waals surface area contributed by atoms with Crippen LogP contribution in [0, 0.1) is 5.41 Å². The van der Waals surface area contributed by atoms with Crippen molar-refractivity contribution in [3.8, 4) is 0 Å². The Balaban J connectivity index is 2.72. The summed E-state index contributed by atoms with van der Waals surface area (Å²) in [6.07, 6.45) is 1.15. The van der Waals surface area contributed by atoms with Crippen LogP contribution < -0.4 is 5.73 Å². The normalized spacial score (nSPS) is 31.6. The first-order valence-corrected chi connectivity index (χ1v) is 5.33. The second-order valence-corrected chi connectivity index (χ2v) is 5.67. The summed E-state index contributed by atoms with van der Waals surface area (Å²) in [6, 6.07) is 1.66. The molecule has 0 aromatic rings.